The van der Waals surface area contributed by atoms with Crippen molar-refractivity contribution >= 4 is 28.5 Å². The molecule has 1 aliphatic heterocycles. The molecule has 0 unspecified atom stereocenters. The number of likely N-dealkylation sites (N-methyl/N-ethyl adjacent to an activating group) is 1. The number of aromatic nitrogens is 3. The van der Waals surface area contributed by atoms with Crippen LogP contribution in [-0.2, 0) is 14.1 Å². The Hall–Kier alpha value is -2.97. The third-order valence-corrected chi connectivity index (χ3v) is 5.98. The van der Waals surface area contributed by atoms with Gasteiger partial charge in [-0.25, -0.2) is 9.78 Å². The summed E-state index contributed by atoms with van der Waals surface area (Å²) in [6.07, 6.45) is 2.19. The van der Waals surface area contributed by atoms with Gasteiger partial charge in [0.05, 0.1) is 23.0 Å². The first-order valence-corrected chi connectivity index (χ1v) is 9.98. The number of carbonyl (C=O) groups is 1. The van der Waals surface area contributed by atoms with Gasteiger partial charge in [0.2, 0.25) is 0 Å². The van der Waals surface area contributed by atoms with E-state index in [2.05, 4.69) is 15.2 Å². The number of hydrogen-bond acceptors (Lipinski definition) is 5. The van der Waals surface area contributed by atoms with Crippen LogP contribution in [0.2, 0.25) is 5.02 Å². The van der Waals surface area contributed by atoms with Gasteiger partial charge in [-0.05, 0) is 37.2 Å². The smallest absolute Gasteiger partial charge is 0.332 e. The first-order chi connectivity index (χ1) is 14.3. The van der Waals surface area contributed by atoms with E-state index in [-0.39, 0.29) is 34.6 Å². The maximum Gasteiger partial charge on any atom is 0.332 e. The molecule has 0 spiro atoms. The Morgan fingerprint density at radius 3 is 2.53 bits per heavy atom. The molecule has 0 radical (unpaired) electrons. The topological polar surface area (TPSA) is 89.2 Å². The molecule has 8 nitrogen and oxygen atoms in total. The van der Waals surface area contributed by atoms with Gasteiger partial charge in [-0.15, -0.1) is 0 Å². The second kappa shape index (κ2) is 7.70. The molecule has 1 amide bonds. The van der Waals surface area contributed by atoms with Crippen molar-refractivity contribution in [1.82, 2.24) is 24.3 Å². The van der Waals surface area contributed by atoms with Crippen molar-refractivity contribution in [2.45, 2.75) is 18.5 Å². The molecule has 3 heterocycles. The Balaban J connectivity index is 1.65. The van der Waals surface area contributed by atoms with Crippen molar-refractivity contribution < 1.29 is 4.79 Å². The molecule has 0 bridgehead atoms. The standard InChI is InChI=1S/C21H22ClN5O3/c1-25-9-8-16(17(25)12-4-6-14(22)7-5-12)24-19(28)13-10-15-18(23-11-13)26(2)21(30)27(3)20(15)29/h4-7,10-11,16-17H,8-9H2,1-3H3,(H,24,28)/t16-,17-/m1/s1. The highest BCUT2D eigenvalue weighted by Crippen LogP contribution is 2.31. The van der Waals surface area contributed by atoms with E-state index in [1.165, 1.54) is 23.9 Å². The van der Waals surface area contributed by atoms with E-state index >= 15 is 0 Å². The van der Waals surface area contributed by atoms with Gasteiger partial charge in [0.1, 0.15) is 5.65 Å². The SMILES string of the molecule is CN1CC[C@@H](NC(=O)c2cnc3c(c2)c(=O)n(C)c(=O)n3C)[C@H]1c1ccc(Cl)cc1. The number of amides is 1. The molecule has 156 valence electrons. The summed E-state index contributed by atoms with van der Waals surface area (Å²) in [7, 11) is 4.97. The minimum absolute atomic E-state index is 0.0216. The van der Waals surface area contributed by atoms with Crippen molar-refractivity contribution in [3.05, 3.63) is 73.5 Å². The van der Waals surface area contributed by atoms with Gasteiger partial charge in [-0.1, -0.05) is 23.7 Å². The summed E-state index contributed by atoms with van der Waals surface area (Å²) < 4.78 is 2.30. The Labute approximate surface area is 177 Å². The van der Waals surface area contributed by atoms with E-state index in [0.29, 0.717) is 5.02 Å². The van der Waals surface area contributed by atoms with Gasteiger partial charge < -0.3 is 5.32 Å². The summed E-state index contributed by atoms with van der Waals surface area (Å²) >= 11 is 6.01. The maximum absolute atomic E-state index is 13.0. The van der Waals surface area contributed by atoms with Gasteiger partial charge in [0.15, 0.2) is 0 Å². The Kier molecular flexibility index (Phi) is 5.21. The molecule has 1 fully saturated rings. The second-order valence-corrected chi connectivity index (χ2v) is 8.08. The van der Waals surface area contributed by atoms with Crippen LogP contribution in [0.5, 0.6) is 0 Å². The van der Waals surface area contributed by atoms with E-state index in [1.807, 2.05) is 31.3 Å². The molecule has 0 saturated carbocycles. The van der Waals surface area contributed by atoms with Crippen LogP contribution in [0.4, 0.5) is 0 Å². The molecule has 9 heteroatoms. The van der Waals surface area contributed by atoms with E-state index in [1.54, 1.807) is 7.05 Å². The average Bonchev–Trinajstić information content (AvgIpc) is 3.10. The normalized spacial score (nSPS) is 19.3. The highest BCUT2D eigenvalue weighted by atomic mass is 35.5. The first kappa shape index (κ1) is 20.3. The molecular weight excluding hydrogens is 406 g/mol. The van der Waals surface area contributed by atoms with E-state index < -0.39 is 11.2 Å². The summed E-state index contributed by atoms with van der Waals surface area (Å²) in [5.41, 5.74) is 0.666. The Morgan fingerprint density at radius 2 is 1.83 bits per heavy atom. The maximum atomic E-state index is 13.0. The van der Waals surface area contributed by atoms with E-state index in [4.69, 9.17) is 11.6 Å². The zero-order valence-corrected chi connectivity index (χ0v) is 17.7. The first-order valence-electron chi connectivity index (χ1n) is 9.60. The number of fused-ring (bicyclic) bond motifs is 1. The van der Waals surface area contributed by atoms with Gasteiger partial charge in [-0.3, -0.25) is 23.6 Å². The number of benzene rings is 1. The number of aryl methyl sites for hydroxylation is 1. The summed E-state index contributed by atoms with van der Waals surface area (Å²) in [6.45, 7) is 0.844. The zero-order chi connectivity index (χ0) is 21.6. The number of pyridine rings is 1. The lowest BCUT2D eigenvalue weighted by atomic mass is 10.00. The lowest BCUT2D eigenvalue weighted by Gasteiger charge is -2.26. The summed E-state index contributed by atoms with van der Waals surface area (Å²) in [5.74, 6) is -0.306. The van der Waals surface area contributed by atoms with Gasteiger partial charge >= 0.3 is 5.69 Å². The third kappa shape index (κ3) is 3.42. The lowest BCUT2D eigenvalue weighted by Crippen LogP contribution is -2.39. The molecule has 1 aliphatic rings. The Morgan fingerprint density at radius 1 is 1.13 bits per heavy atom. The number of carbonyl (C=O) groups excluding carboxylic acids is 1. The van der Waals surface area contributed by atoms with Crippen LogP contribution in [-0.4, -0.2) is 44.6 Å². The van der Waals surface area contributed by atoms with Crippen LogP contribution < -0.4 is 16.6 Å². The average molecular weight is 428 g/mol. The molecule has 1 saturated heterocycles. The molecule has 3 aromatic rings. The highest BCUT2D eigenvalue weighted by molar-refractivity contribution is 6.30. The largest absolute Gasteiger partial charge is 0.347 e. The minimum atomic E-state index is -0.477. The van der Waals surface area contributed by atoms with Crippen LogP contribution in [0.1, 0.15) is 28.4 Å². The predicted molar refractivity (Wildman–Crippen MR) is 115 cm³/mol. The number of rotatable bonds is 3. The number of hydrogen-bond donors (Lipinski definition) is 1. The van der Waals surface area contributed by atoms with Crippen molar-refractivity contribution in [3.63, 3.8) is 0 Å². The molecule has 0 aliphatic carbocycles. The van der Waals surface area contributed by atoms with Crippen LogP contribution >= 0.6 is 11.6 Å². The number of nitrogens with zero attached hydrogens (tertiary/aromatic N) is 4. The fraction of sp³-hybridized carbons (Fsp3) is 0.333. The van der Waals surface area contributed by atoms with Crippen LogP contribution in [0.15, 0.2) is 46.1 Å². The third-order valence-electron chi connectivity index (χ3n) is 5.73. The van der Waals surface area contributed by atoms with Crippen molar-refractivity contribution in [2.24, 2.45) is 14.1 Å². The number of nitrogens with one attached hydrogen (secondary N) is 1. The van der Waals surface area contributed by atoms with Gasteiger partial charge in [0, 0.05) is 31.9 Å². The van der Waals surface area contributed by atoms with Crippen molar-refractivity contribution in [2.75, 3.05) is 13.6 Å². The molecular formula is C21H22ClN5O3. The van der Waals surface area contributed by atoms with Crippen molar-refractivity contribution in [3.8, 4) is 0 Å². The molecule has 2 atom stereocenters. The molecule has 4 rings (SSSR count). The Bertz CT molecular complexity index is 1250. The number of halogens is 1. The lowest BCUT2D eigenvalue weighted by molar-refractivity contribution is 0.0927. The van der Waals surface area contributed by atoms with Gasteiger partial charge in [-0.2, -0.15) is 0 Å². The summed E-state index contributed by atoms with van der Waals surface area (Å²) in [6, 6.07) is 9.04. The zero-order valence-electron chi connectivity index (χ0n) is 16.9. The van der Waals surface area contributed by atoms with Crippen molar-refractivity contribution in [1.29, 1.82) is 0 Å². The molecule has 30 heavy (non-hydrogen) atoms. The highest BCUT2D eigenvalue weighted by Gasteiger charge is 2.34. The van der Waals surface area contributed by atoms with Crippen LogP contribution in [0, 0.1) is 0 Å². The van der Waals surface area contributed by atoms with Crippen LogP contribution in [0.3, 0.4) is 0 Å². The van der Waals surface area contributed by atoms with E-state index in [0.717, 1.165) is 23.1 Å². The summed E-state index contributed by atoms with van der Waals surface area (Å²) in [4.78, 5) is 43.9. The predicted octanol–water partition coefficient (Wildman–Crippen LogP) is 1.46. The minimum Gasteiger partial charge on any atom is -0.347 e. The summed E-state index contributed by atoms with van der Waals surface area (Å²) in [5, 5.41) is 3.97. The number of likely N-dealkylation sites (tertiary alicyclic amines) is 1. The molecule has 2 aromatic heterocycles. The molecule has 1 N–H and O–H groups in total. The second-order valence-electron chi connectivity index (χ2n) is 7.65. The quantitative estimate of drug-likeness (QED) is 0.683. The fourth-order valence-electron chi connectivity index (χ4n) is 4.09. The van der Waals surface area contributed by atoms with Crippen LogP contribution in [0.25, 0.3) is 11.0 Å². The van der Waals surface area contributed by atoms with Gasteiger partial charge in [0.25, 0.3) is 11.5 Å². The fourth-order valence-corrected chi connectivity index (χ4v) is 4.21. The molecule has 1 aromatic carbocycles. The van der Waals surface area contributed by atoms with E-state index in [9.17, 15) is 14.4 Å². The monoisotopic (exact) mass is 427 g/mol.